The molecule has 0 spiro atoms. The molecule has 1 heterocycles. The van der Waals surface area contributed by atoms with E-state index < -0.39 is 22.2 Å². The van der Waals surface area contributed by atoms with Gasteiger partial charge in [-0.3, -0.25) is 4.79 Å². The summed E-state index contributed by atoms with van der Waals surface area (Å²) >= 11 is 0. The quantitative estimate of drug-likeness (QED) is 0.638. The molecule has 0 aromatic heterocycles. The number of ketones is 1. The van der Waals surface area contributed by atoms with E-state index in [1.165, 1.54) is 4.31 Å². The molecule has 2 aromatic carbocycles. The molecule has 0 radical (unpaired) electrons. The molecule has 28 heavy (non-hydrogen) atoms. The smallest absolute Gasteiger partial charge is 0.243 e. The number of rotatable bonds is 8. The minimum absolute atomic E-state index is 0.0990. The molecule has 1 aliphatic rings. The van der Waals surface area contributed by atoms with Crippen LogP contribution in [-0.4, -0.2) is 37.2 Å². The zero-order chi connectivity index (χ0) is 20.1. The van der Waals surface area contributed by atoms with Crippen molar-refractivity contribution in [1.82, 2.24) is 4.31 Å². The Balaban J connectivity index is 1.84. The molecule has 0 aliphatic carbocycles. The lowest BCUT2D eigenvalue weighted by Gasteiger charge is -2.30. The molecular formula is C22H25NO4S. The number of hydrogen-bond donors (Lipinski definition) is 0. The third-order valence-corrected chi connectivity index (χ3v) is 6.79. The Labute approximate surface area is 166 Å². The molecule has 148 valence electrons. The first kappa shape index (κ1) is 20.5. The van der Waals surface area contributed by atoms with Crippen molar-refractivity contribution < 1.29 is 17.9 Å². The molecule has 3 rings (SSSR count). The highest BCUT2D eigenvalue weighted by atomic mass is 32.2. The van der Waals surface area contributed by atoms with Gasteiger partial charge in [0, 0.05) is 6.42 Å². The number of sulfonamides is 1. The maximum Gasteiger partial charge on any atom is 0.243 e. The number of hydrogen-bond acceptors (Lipinski definition) is 4. The third-order valence-electron chi connectivity index (χ3n) is 4.90. The Bertz CT molecular complexity index is 923. The highest BCUT2D eigenvalue weighted by Gasteiger charge is 2.43. The number of carbonyl (C=O) groups is 1. The molecule has 2 atom stereocenters. The van der Waals surface area contributed by atoms with Gasteiger partial charge in [0.25, 0.3) is 0 Å². The fourth-order valence-corrected chi connectivity index (χ4v) is 5.03. The van der Waals surface area contributed by atoms with Crippen LogP contribution in [0.3, 0.4) is 0 Å². The first-order valence-electron chi connectivity index (χ1n) is 9.28. The topological polar surface area (TPSA) is 63.7 Å². The second kappa shape index (κ2) is 8.82. The van der Waals surface area contributed by atoms with Crippen LogP contribution in [0, 0.1) is 6.92 Å². The first-order valence-corrected chi connectivity index (χ1v) is 10.7. The molecule has 0 amide bonds. The summed E-state index contributed by atoms with van der Waals surface area (Å²) in [5.74, 6) is -0.0990. The Morgan fingerprint density at radius 2 is 1.86 bits per heavy atom. The van der Waals surface area contributed by atoms with Gasteiger partial charge >= 0.3 is 0 Å². The van der Waals surface area contributed by atoms with Crippen LogP contribution in [0.25, 0.3) is 0 Å². The van der Waals surface area contributed by atoms with Crippen molar-refractivity contribution in [3.05, 3.63) is 78.4 Å². The van der Waals surface area contributed by atoms with E-state index in [-0.39, 0.29) is 23.6 Å². The average molecular weight is 400 g/mol. The van der Waals surface area contributed by atoms with Crippen LogP contribution < -0.4 is 0 Å². The Kier molecular flexibility index (Phi) is 6.44. The molecule has 6 heteroatoms. The van der Waals surface area contributed by atoms with Crippen molar-refractivity contribution in [3.8, 4) is 0 Å². The van der Waals surface area contributed by atoms with E-state index in [1.807, 2.05) is 37.3 Å². The normalized spacial score (nSPS) is 18.9. The molecule has 1 fully saturated rings. The average Bonchev–Trinajstić information content (AvgIpc) is 3.09. The Hall–Kier alpha value is -2.28. The van der Waals surface area contributed by atoms with Gasteiger partial charge in [-0.2, -0.15) is 4.31 Å². The predicted octanol–water partition coefficient (Wildman–Crippen LogP) is 3.49. The number of ether oxygens (including phenoxy) is 1. The maximum absolute atomic E-state index is 13.2. The minimum Gasteiger partial charge on any atom is -0.372 e. The first-order chi connectivity index (χ1) is 13.4. The monoisotopic (exact) mass is 399 g/mol. The van der Waals surface area contributed by atoms with Gasteiger partial charge in [-0.1, -0.05) is 54.1 Å². The van der Waals surface area contributed by atoms with Crippen LogP contribution in [0.2, 0.25) is 0 Å². The summed E-state index contributed by atoms with van der Waals surface area (Å²) in [6.07, 6.45) is 1.88. The van der Waals surface area contributed by atoms with Gasteiger partial charge in [0.15, 0.2) is 0 Å². The van der Waals surface area contributed by atoms with Gasteiger partial charge in [0.05, 0.1) is 30.2 Å². The van der Waals surface area contributed by atoms with Gasteiger partial charge in [0.2, 0.25) is 10.0 Å². The number of Topliss-reactive ketones (excluding diaryl/α,β-unsaturated/α-hetero) is 1. The molecule has 0 saturated carbocycles. The van der Waals surface area contributed by atoms with E-state index in [9.17, 15) is 13.2 Å². The number of nitrogens with zero attached hydrogens (tertiary/aromatic N) is 1. The van der Waals surface area contributed by atoms with Crippen molar-refractivity contribution >= 4 is 15.8 Å². The molecule has 1 aliphatic heterocycles. The molecule has 5 nitrogen and oxygen atoms in total. The van der Waals surface area contributed by atoms with Crippen LogP contribution in [-0.2, 0) is 26.2 Å². The fourth-order valence-electron chi connectivity index (χ4n) is 3.39. The summed E-state index contributed by atoms with van der Waals surface area (Å²) in [7, 11) is -3.79. The lowest BCUT2D eigenvalue weighted by molar-refractivity contribution is -0.116. The molecular weight excluding hydrogens is 374 g/mol. The number of carbonyl (C=O) groups excluding carboxylic acids is 1. The maximum atomic E-state index is 13.2. The van der Waals surface area contributed by atoms with E-state index >= 15 is 0 Å². The molecule has 2 aromatic rings. The summed E-state index contributed by atoms with van der Waals surface area (Å²) in [6.45, 7) is 5.89. The van der Waals surface area contributed by atoms with Gasteiger partial charge in [-0.15, -0.1) is 6.58 Å². The zero-order valence-electron chi connectivity index (χ0n) is 16.0. The SMILES string of the molecule is C=CC[C@H](OCc1ccccc1)[C@@H]1CC(=O)CN1S(=O)(=O)c1ccc(C)cc1. The van der Waals surface area contributed by atoms with Crippen molar-refractivity contribution in [1.29, 1.82) is 0 Å². The van der Waals surface area contributed by atoms with Crippen LogP contribution >= 0.6 is 0 Å². The molecule has 0 unspecified atom stereocenters. The third kappa shape index (κ3) is 4.58. The van der Waals surface area contributed by atoms with Crippen molar-refractivity contribution in [3.63, 3.8) is 0 Å². The van der Waals surface area contributed by atoms with Crippen molar-refractivity contribution in [2.24, 2.45) is 0 Å². The van der Waals surface area contributed by atoms with Crippen molar-refractivity contribution in [2.45, 2.75) is 43.4 Å². The highest BCUT2D eigenvalue weighted by molar-refractivity contribution is 7.89. The second-order valence-electron chi connectivity index (χ2n) is 7.03. The summed E-state index contributed by atoms with van der Waals surface area (Å²) in [5, 5.41) is 0. The number of benzene rings is 2. The standard InChI is InChI=1S/C22H25NO4S/c1-3-7-22(27-16-18-8-5-4-6-9-18)21-14-19(24)15-23(21)28(25,26)20-12-10-17(2)11-13-20/h3-6,8-13,21-22H,1,7,14-16H2,2H3/t21-,22-/m0/s1. The predicted molar refractivity (Wildman–Crippen MR) is 108 cm³/mol. The molecule has 0 N–H and O–H groups in total. The Morgan fingerprint density at radius 1 is 1.18 bits per heavy atom. The van der Waals surface area contributed by atoms with Crippen LogP contribution in [0.15, 0.2) is 72.1 Å². The Morgan fingerprint density at radius 3 is 2.50 bits per heavy atom. The minimum atomic E-state index is -3.79. The summed E-state index contributed by atoms with van der Waals surface area (Å²) in [6, 6.07) is 15.8. The summed E-state index contributed by atoms with van der Waals surface area (Å²) in [4.78, 5) is 12.4. The summed E-state index contributed by atoms with van der Waals surface area (Å²) < 4.78 is 33.7. The molecule has 0 bridgehead atoms. The highest BCUT2D eigenvalue weighted by Crippen LogP contribution is 2.29. The van der Waals surface area contributed by atoms with E-state index in [1.54, 1.807) is 30.3 Å². The van der Waals surface area contributed by atoms with E-state index in [0.717, 1.165) is 11.1 Å². The van der Waals surface area contributed by atoms with Crippen LogP contribution in [0.4, 0.5) is 0 Å². The largest absolute Gasteiger partial charge is 0.372 e. The van der Waals surface area contributed by atoms with E-state index in [2.05, 4.69) is 6.58 Å². The fraction of sp³-hybridized carbons (Fsp3) is 0.318. The lowest BCUT2D eigenvalue weighted by Crippen LogP contribution is -2.43. The zero-order valence-corrected chi connectivity index (χ0v) is 16.8. The van der Waals surface area contributed by atoms with Crippen molar-refractivity contribution in [2.75, 3.05) is 6.54 Å². The summed E-state index contributed by atoms with van der Waals surface area (Å²) in [5.41, 5.74) is 1.97. The van der Waals surface area contributed by atoms with Crippen LogP contribution in [0.5, 0.6) is 0 Å². The second-order valence-corrected chi connectivity index (χ2v) is 8.92. The molecule has 1 saturated heterocycles. The van der Waals surface area contributed by atoms with Gasteiger partial charge in [-0.05, 0) is 31.0 Å². The number of aryl methyl sites for hydroxylation is 1. The van der Waals surface area contributed by atoms with Gasteiger partial charge in [0.1, 0.15) is 5.78 Å². The van der Waals surface area contributed by atoms with Gasteiger partial charge in [-0.25, -0.2) is 8.42 Å². The van der Waals surface area contributed by atoms with E-state index in [4.69, 9.17) is 4.74 Å². The van der Waals surface area contributed by atoms with Gasteiger partial charge < -0.3 is 4.74 Å². The lowest BCUT2D eigenvalue weighted by atomic mass is 10.1. The van der Waals surface area contributed by atoms with E-state index in [0.29, 0.717) is 13.0 Å². The van der Waals surface area contributed by atoms with Crippen LogP contribution in [0.1, 0.15) is 24.0 Å².